The van der Waals surface area contributed by atoms with E-state index in [9.17, 15) is 0 Å². The third kappa shape index (κ3) is 2.92. The minimum absolute atomic E-state index is 0.738. The lowest BCUT2D eigenvalue weighted by Gasteiger charge is -2.20. The van der Waals surface area contributed by atoms with Gasteiger partial charge in [-0.15, -0.1) is 0 Å². The van der Waals surface area contributed by atoms with Gasteiger partial charge in [0.2, 0.25) is 5.95 Å². The first-order valence-corrected chi connectivity index (χ1v) is 6.31. The molecule has 0 aromatic carbocycles. The number of hydrogen-bond donors (Lipinski definition) is 0. The molecule has 0 spiro atoms. The highest BCUT2D eigenvalue weighted by atomic mass is 79.9. The van der Waals surface area contributed by atoms with Crippen LogP contribution in [-0.2, 0) is 0 Å². The van der Waals surface area contributed by atoms with Crippen molar-refractivity contribution in [3.05, 3.63) is 16.9 Å². The molecule has 1 aromatic rings. The zero-order chi connectivity index (χ0) is 11.5. The van der Waals surface area contributed by atoms with Crippen LogP contribution in [0.15, 0.2) is 16.9 Å². The van der Waals surface area contributed by atoms with E-state index in [4.69, 9.17) is 0 Å². The molecule has 88 valence electrons. The lowest BCUT2D eigenvalue weighted by molar-refractivity contribution is 0.395. The second-order valence-corrected chi connectivity index (χ2v) is 5.41. The average Bonchev–Trinajstić information content (AvgIpc) is 2.65. The Balaban J connectivity index is 1.92. The van der Waals surface area contributed by atoms with E-state index in [2.05, 4.69) is 49.8 Å². The van der Waals surface area contributed by atoms with Crippen molar-refractivity contribution in [2.75, 3.05) is 38.6 Å². The molecule has 1 saturated heterocycles. The molecule has 0 bridgehead atoms. The summed E-state index contributed by atoms with van der Waals surface area (Å²) in [5.74, 6) is 1.54. The van der Waals surface area contributed by atoms with Crippen LogP contribution in [0.1, 0.15) is 6.42 Å². The number of aromatic nitrogens is 2. The Morgan fingerprint density at radius 1 is 1.50 bits per heavy atom. The van der Waals surface area contributed by atoms with Gasteiger partial charge in [-0.2, -0.15) is 0 Å². The molecule has 0 radical (unpaired) electrons. The predicted octanol–water partition coefficient (Wildman–Crippen LogP) is 1.63. The summed E-state index contributed by atoms with van der Waals surface area (Å²) in [5.41, 5.74) is 0. The number of rotatable bonds is 3. The third-order valence-electron chi connectivity index (χ3n) is 2.97. The van der Waals surface area contributed by atoms with Crippen molar-refractivity contribution in [1.82, 2.24) is 14.9 Å². The molecule has 1 aliphatic heterocycles. The van der Waals surface area contributed by atoms with E-state index in [0.29, 0.717) is 0 Å². The Morgan fingerprint density at radius 2 is 2.19 bits per heavy atom. The molecule has 0 aliphatic carbocycles. The average molecular weight is 285 g/mol. The van der Waals surface area contributed by atoms with Gasteiger partial charge in [-0.25, -0.2) is 9.97 Å². The van der Waals surface area contributed by atoms with Gasteiger partial charge in [-0.05, 0) is 41.9 Å². The number of anilines is 1. The Kier molecular flexibility index (Phi) is 3.76. The van der Waals surface area contributed by atoms with E-state index in [1.165, 1.54) is 19.5 Å². The predicted molar refractivity (Wildman–Crippen MR) is 68.6 cm³/mol. The summed E-state index contributed by atoms with van der Waals surface area (Å²) >= 11 is 3.34. The molecule has 0 saturated carbocycles. The maximum atomic E-state index is 4.29. The number of halogens is 1. The van der Waals surface area contributed by atoms with Gasteiger partial charge in [-0.1, -0.05) is 0 Å². The summed E-state index contributed by atoms with van der Waals surface area (Å²) in [6, 6.07) is 0. The molecule has 0 N–H and O–H groups in total. The minimum Gasteiger partial charge on any atom is -0.344 e. The standard InChI is InChI=1S/C11H17BrN4/c1-15-4-3-9(7-15)8-16(2)11-13-5-10(12)6-14-11/h5-6,9H,3-4,7-8H2,1-2H3. The van der Waals surface area contributed by atoms with Gasteiger partial charge in [0.15, 0.2) is 0 Å². The van der Waals surface area contributed by atoms with Crippen LogP contribution in [-0.4, -0.2) is 48.6 Å². The van der Waals surface area contributed by atoms with E-state index < -0.39 is 0 Å². The Hall–Kier alpha value is -0.680. The van der Waals surface area contributed by atoms with Crippen molar-refractivity contribution < 1.29 is 0 Å². The van der Waals surface area contributed by atoms with Gasteiger partial charge in [-0.3, -0.25) is 0 Å². The van der Waals surface area contributed by atoms with Crippen LogP contribution in [0, 0.1) is 5.92 Å². The van der Waals surface area contributed by atoms with E-state index >= 15 is 0 Å². The van der Waals surface area contributed by atoms with E-state index in [-0.39, 0.29) is 0 Å². The molecule has 5 heteroatoms. The summed E-state index contributed by atoms with van der Waals surface area (Å²) in [6.07, 6.45) is 4.86. The first-order valence-electron chi connectivity index (χ1n) is 5.52. The van der Waals surface area contributed by atoms with Gasteiger partial charge in [0.25, 0.3) is 0 Å². The number of likely N-dealkylation sites (tertiary alicyclic amines) is 1. The summed E-state index contributed by atoms with van der Waals surface area (Å²) in [4.78, 5) is 13.1. The van der Waals surface area contributed by atoms with Crippen molar-refractivity contribution in [2.45, 2.75) is 6.42 Å². The molecule has 0 amide bonds. The SMILES string of the molecule is CN1CCC(CN(C)c2ncc(Br)cn2)C1. The molecule has 16 heavy (non-hydrogen) atoms. The van der Waals surface area contributed by atoms with Crippen LogP contribution >= 0.6 is 15.9 Å². The fourth-order valence-electron chi connectivity index (χ4n) is 2.15. The fourth-order valence-corrected chi connectivity index (χ4v) is 2.35. The van der Waals surface area contributed by atoms with Crippen LogP contribution in [0.5, 0.6) is 0 Å². The fraction of sp³-hybridized carbons (Fsp3) is 0.636. The lowest BCUT2D eigenvalue weighted by atomic mass is 10.1. The van der Waals surface area contributed by atoms with Crippen molar-refractivity contribution in [3.8, 4) is 0 Å². The summed E-state index contributed by atoms with van der Waals surface area (Å²) in [5, 5.41) is 0. The molecule has 1 aliphatic rings. The molecular weight excluding hydrogens is 268 g/mol. The Bertz CT molecular complexity index is 340. The number of nitrogens with zero attached hydrogens (tertiary/aromatic N) is 4. The molecule has 1 unspecified atom stereocenters. The third-order valence-corrected chi connectivity index (χ3v) is 3.38. The smallest absolute Gasteiger partial charge is 0.225 e. The number of hydrogen-bond acceptors (Lipinski definition) is 4. The van der Waals surface area contributed by atoms with E-state index in [0.717, 1.165) is 22.9 Å². The zero-order valence-electron chi connectivity index (χ0n) is 9.73. The first kappa shape index (κ1) is 11.8. The lowest BCUT2D eigenvalue weighted by Crippen LogP contribution is -2.28. The largest absolute Gasteiger partial charge is 0.344 e. The highest BCUT2D eigenvalue weighted by Crippen LogP contribution is 2.17. The van der Waals surface area contributed by atoms with Crippen molar-refractivity contribution in [1.29, 1.82) is 0 Å². The highest BCUT2D eigenvalue weighted by molar-refractivity contribution is 9.10. The summed E-state index contributed by atoms with van der Waals surface area (Å²) in [6.45, 7) is 3.42. The first-order chi connectivity index (χ1) is 7.65. The summed E-state index contributed by atoms with van der Waals surface area (Å²) in [7, 11) is 4.23. The normalized spacial score (nSPS) is 21.3. The summed E-state index contributed by atoms with van der Waals surface area (Å²) < 4.78 is 0.922. The maximum absolute atomic E-state index is 4.29. The van der Waals surface area contributed by atoms with Gasteiger partial charge >= 0.3 is 0 Å². The van der Waals surface area contributed by atoms with Gasteiger partial charge < -0.3 is 9.80 Å². The van der Waals surface area contributed by atoms with Crippen molar-refractivity contribution in [2.24, 2.45) is 5.92 Å². The van der Waals surface area contributed by atoms with Crippen LogP contribution in [0.4, 0.5) is 5.95 Å². The Morgan fingerprint density at radius 3 is 2.75 bits per heavy atom. The monoisotopic (exact) mass is 284 g/mol. The second kappa shape index (κ2) is 5.10. The molecule has 1 fully saturated rings. The highest BCUT2D eigenvalue weighted by Gasteiger charge is 2.21. The van der Waals surface area contributed by atoms with Gasteiger partial charge in [0.1, 0.15) is 0 Å². The zero-order valence-corrected chi connectivity index (χ0v) is 11.3. The van der Waals surface area contributed by atoms with Gasteiger partial charge in [0.05, 0.1) is 4.47 Å². The van der Waals surface area contributed by atoms with Crippen LogP contribution in [0.2, 0.25) is 0 Å². The van der Waals surface area contributed by atoms with E-state index in [1.54, 1.807) is 12.4 Å². The molecular formula is C11H17BrN4. The van der Waals surface area contributed by atoms with Crippen LogP contribution in [0.25, 0.3) is 0 Å². The molecule has 1 atom stereocenters. The van der Waals surface area contributed by atoms with Crippen LogP contribution < -0.4 is 4.90 Å². The molecule has 4 nitrogen and oxygen atoms in total. The molecule has 2 rings (SSSR count). The van der Waals surface area contributed by atoms with Gasteiger partial charge in [0, 0.05) is 32.5 Å². The van der Waals surface area contributed by atoms with Crippen molar-refractivity contribution >= 4 is 21.9 Å². The minimum atomic E-state index is 0.738. The molecule has 2 heterocycles. The quantitative estimate of drug-likeness (QED) is 0.845. The van der Waals surface area contributed by atoms with Crippen LogP contribution in [0.3, 0.4) is 0 Å². The van der Waals surface area contributed by atoms with E-state index in [1.807, 2.05) is 0 Å². The topological polar surface area (TPSA) is 32.3 Å². The molecule has 1 aromatic heterocycles. The Labute approximate surface area is 105 Å². The second-order valence-electron chi connectivity index (χ2n) is 4.50. The maximum Gasteiger partial charge on any atom is 0.225 e. The van der Waals surface area contributed by atoms with Crippen molar-refractivity contribution in [3.63, 3.8) is 0 Å².